The second-order valence-corrected chi connectivity index (χ2v) is 8.25. The number of benzene rings is 2. The Kier molecular flexibility index (Phi) is 6.25. The second kappa shape index (κ2) is 9.06. The highest BCUT2D eigenvalue weighted by atomic mass is 35.5. The van der Waals surface area contributed by atoms with Crippen molar-refractivity contribution in [3.63, 3.8) is 0 Å². The van der Waals surface area contributed by atoms with E-state index in [1.54, 1.807) is 41.3 Å². The predicted molar refractivity (Wildman–Crippen MR) is 115 cm³/mol. The van der Waals surface area contributed by atoms with Crippen LogP contribution >= 0.6 is 11.6 Å². The molecule has 30 heavy (non-hydrogen) atoms. The fraction of sp³-hybridized carbons (Fsp3) is 0.391. The van der Waals surface area contributed by atoms with Crippen molar-refractivity contribution < 1.29 is 19.1 Å². The minimum Gasteiger partial charge on any atom is -0.465 e. The minimum absolute atomic E-state index is 0.0944. The number of rotatable bonds is 5. The number of esters is 1. The summed E-state index contributed by atoms with van der Waals surface area (Å²) < 4.78 is 10.8. The third kappa shape index (κ3) is 4.60. The number of halogens is 1. The lowest BCUT2D eigenvalue weighted by Crippen LogP contribution is -2.53. The smallest absolute Gasteiger partial charge is 0.414 e. The van der Waals surface area contributed by atoms with Crippen LogP contribution in [0.2, 0.25) is 5.02 Å². The van der Waals surface area contributed by atoms with Gasteiger partial charge in [0.25, 0.3) is 0 Å². The molecule has 5 rings (SSSR count). The summed E-state index contributed by atoms with van der Waals surface area (Å²) in [7, 11) is 1.35. The molecule has 0 radical (unpaired) electrons. The molecule has 0 unspecified atom stereocenters. The van der Waals surface area contributed by atoms with E-state index in [2.05, 4.69) is 4.90 Å². The van der Waals surface area contributed by atoms with Crippen molar-refractivity contribution in [2.45, 2.75) is 25.5 Å². The topological polar surface area (TPSA) is 59.1 Å². The fourth-order valence-electron chi connectivity index (χ4n) is 4.24. The normalized spacial score (nSPS) is 22.4. The third-order valence-corrected chi connectivity index (χ3v) is 6.11. The summed E-state index contributed by atoms with van der Waals surface area (Å²) in [4.78, 5) is 29.0. The molecule has 158 valence electrons. The first-order valence-electron chi connectivity index (χ1n) is 10.2. The Bertz CT molecular complexity index is 927. The van der Waals surface area contributed by atoms with Gasteiger partial charge in [-0.25, -0.2) is 9.59 Å². The van der Waals surface area contributed by atoms with Gasteiger partial charge in [-0.1, -0.05) is 29.8 Å². The molecular weight excluding hydrogens is 404 g/mol. The molecule has 2 aromatic carbocycles. The van der Waals surface area contributed by atoms with Crippen LogP contribution in [0.15, 0.2) is 48.5 Å². The average Bonchev–Trinajstić information content (AvgIpc) is 2.78. The molecule has 0 aliphatic carbocycles. The zero-order valence-corrected chi connectivity index (χ0v) is 17.7. The maximum atomic E-state index is 13.2. The van der Waals surface area contributed by atoms with Crippen molar-refractivity contribution in [1.82, 2.24) is 4.90 Å². The Morgan fingerprint density at radius 3 is 2.57 bits per heavy atom. The lowest BCUT2D eigenvalue weighted by molar-refractivity contribution is -0.0311. The lowest BCUT2D eigenvalue weighted by atomic mass is 9.86. The van der Waals surface area contributed by atoms with Crippen LogP contribution in [0.3, 0.4) is 0 Å². The Labute approximate surface area is 181 Å². The summed E-state index contributed by atoms with van der Waals surface area (Å²) in [5.41, 5.74) is 1.88. The van der Waals surface area contributed by atoms with Crippen LogP contribution in [0.4, 0.5) is 10.5 Å². The standard InChI is InChI=1S/C23H25ClN2O4/c1-29-22(27)18-5-2-4-16(12-18)14-26(20-7-3-6-19(24)13-20)23(28)30-21-15-25-10-8-17(21)9-11-25/h2-7,12-13,17,21H,8-11,14-15H2,1H3/t21-/m0/s1. The molecule has 0 N–H and O–H groups in total. The van der Waals surface area contributed by atoms with Crippen molar-refractivity contribution in [2.75, 3.05) is 31.6 Å². The van der Waals surface area contributed by atoms with Crippen molar-refractivity contribution in [3.8, 4) is 0 Å². The van der Waals surface area contributed by atoms with Crippen LogP contribution in [0.25, 0.3) is 0 Å². The highest BCUT2D eigenvalue weighted by Gasteiger charge is 2.37. The monoisotopic (exact) mass is 428 g/mol. The SMILES string of the molecule is COC(=O)c1cccc(CN(C(=O)O[C@H]2CN3CCC2CC3)c2cccc(Cl)c2)c1. The molecule has 2 bridgehead atoms. The van der Waals surface area contributed by atoms with E-state index in [-0.39, 0.29) is 12.6 Å². The molecule has 3 saturated heterocycles. The predicted octanol–water partition coefficient (Wildman–Crippen LogP) is 4.36. The van der Waals surface area contributed by atoms with Gasteiger partial charge in [-0.2, -0.15) is 0 Å². The number of methoxy groups -OCH3 is 1. The summed E-state index contributed by atoms with van der Waals surface area (Å²) in [5.74, 6) is 0.00354. The summed E-state index contributed by atoms with van der Waals surface area (Å²) in [6.45, 7) is 3.21. The molecule has 3 aliphatic heterocycles. The average molecular weight is 429 g/mol. The number of hydrogen-bond donors (Lipinski definition) is 0. The largest absolute Gasteiger partial charge is 0.465 e. The van der Waals surface area contributed by atoms with E-state index in [0.717, 1.165) is 38.0 Å². The lowest BCUT2D eigenvalue weighted by Gasteiger charge is -2.44. The Morgan fingerprint density at radius 1 is 1.13 bits per heavy atom. The summed E-state index contributed by atoms with van der Waals surface area (Å²) in [5, 5.41) is 0.538. The van der Waals surface area contributed by atoms with Crippen LogP contribution in [0, 0.1) is 5.92 Å². The van der Waals surface area contributed by atoms with E-state index in [4.69, 9.17) is 21.1 Å². The van der Waals surface area contributed by atoms with Gasteiger partial charge < -0.3 is 9.47 Å². The molecule has 1 amide bonds. The Morgan fingerprint density at radius 2 is 1.90 bits per heavy atom. The molecule has 3 heterocycles. The van der Waals surface area contributed by atoms with E-state index in [1.165, 1.54) is 7.11 Å². The molecule has 0 aromatic heterocycles. The van der Waals surface area contributed by atoms with Gasteiger partial charge in [-0.05, 0) is 67.7 Å². The van der Waals surface area contributed by atoms with Crippen LogP contribution < -0.4 is 4.90 Å². The number of hydrogen-bond acceptors (Lipinski definition) is 5. The number of carbonyl (C=O) groups is 2. The van der Waals surface area contributed by atoms with E-state index < -0.39 is 12.1 Å². The van der Waals surface area contributed by atoms with Gasteiger partial charge in [0, 0.05) is 17.3 Å². The molecule has 3 fully saturated rings. The number of amides is 1. The van der Waals surface area contributed by atoms with Gasteiger partial charge in [0.1, 0.15) is 6.10 Å². The van der Waals surface area contributed by atoms with Crippen LogP contribution in [-0.4, -0.2) is 49.8 Å². The van der Waals surface area contributed by atoms with Crippen molar-refractivity contribution in [1.29, 1.82) is 0 Å². The number of nitrogens with zero attached hydrogens (tertiary/aromatic N) is 2. The van der Waals surface area contributed by atoms with Crippen LogP contribution in [0.5, 0.6) is 0 Å². The second-order valence-electron chi connectivity index (χ2n) is 7.82. The van der Waals surface area contributed by atoms with Crippen molar-refractivity contribution >= 4 is 29.4 Å². The molecule has 1 atom stereocenters. The number of carbonyl (C=O) groups excluding carboxylic acids is 2. The highest BCUT2D eigenvalue weighted by Crippen LogP contribution is 2.31. The van der Waals surface area contributed by atoms with Gasteiger partial charge in [-0.15, -0.1) is 0 Å². The van der Waals surface area contributed by atoms with Crippen molar-refractivity contribution in [3.05, 3.63) is 64.7 Å². The van der Waals surface area contributed by atoms with Crippen LogP contribution in [-0.2, 0) is 16.0 Å². The fourth-order valence-corrected chi connectivity index (χ4v) is 4.42. The summed E-state index contributed by atoms with van der Waals surface area (Å²) in [6.07, 6.45) is 1.63. The molecular formula is C23H25ClN2O4. The molecule has 6 nitrogen and oxygen atoms in total. The van der Waals surface area contributed by atoms with E-state index in [1.807, 2.05) is 12.1 Å². The third-order valence-electron chi connectivity index (χ3n) is 5.88. The Hall–Kier alpha value is -2.57. The highest BCUT2D eigenvalue weighted by molar-refractivity contribution is 6.30. The summed E-state index contributed by atoms with van der Waals surface area (Å²) in [6, 6.07) is 14.2. The molecule has 2 aromatic rings. The van der Waals surface area contributed by atoms with Crippen LogP contribution in [0.1, 0.15) is 28.8 Å². The summed E-state index contributed by atoms with van der Waals surface area (Å²) >= 11 is 6.18. The first-order valence-corrected chi connectivity index (χ1v) is 10.5. The minimum atomic E-state index is -0.416. The number of piperidine rings is 3. The van der Waals surface area contributed by atoms with Gasteiger partial charge >= 0.3 is 12.1 Å². The van der Waals surface area contributed by atoms with E-state index in [9.17, 15) is 9.59 Å². The van der Waals surface area contributed by atoms with Gasteiger partial charge in [0.2, 0.25) is 0 Å². The first-order chi connectivity index (χ1) is 14.5. The molecule has 7 heteroatoms. The molecule has 3 aliphatic rings. The Balaban J connectivity index is 1.57. The maximum Gasteiger partial charge on any atom is 0.414 e. The number of fused-ring (bicyclic) bond motifs is 3. The van der Waals surface area contributed by atoms with Crippen molar-refractivity contribution in [2.24, 2.45) is 5.92 Å². The molecule has 0 spiro atoms. The van der Waals surface area contributed by atoms with E-state index >= 15 is 0 Å². The van der Waals surface area contributed by atoms with Gasteiger partial charge in [0.15, 0.2) is 0 Å². The van der Waals surface area contributed by atoms with Gasteiger partial charge in [-0.3, -0.25) is 9.80 Å². The zero-order chi connectivity index (χ0) is 21.1. The number of ether oxygens (including phenoxy) is 2. The molecule has 0 saturated carbocycles. The first kappa shape index (κ1) is 20.7. The number of anilines is 1. The quantitative estimate of drug-likeness (QED) is 0.662. The van der Waals surface area contributed by atoms with E-state index in [0.29, 0.717) is 22.2 Å². The maximum absolute atomic E-state index is 13.2. The zero-order valence-electron chi connectivity index (χ0n) is 16.9. The van der Waals surface area contributed by atoms with Gasteiger partial charge in [0.05, 0.1) is 19.2 Å².